The van der Waals surface area contributed by atoms with Crippen LogP contribution in [0.5, 0.6) is 0 Å². The monoisotopic (exact) mass is 1060 g/mol. The molecule has 0 radical (unpaired) electrons. The van der Waals surface area contributed by atoms with E-state index in [1.54, 1.807) is 0 Å². The molecule has 0 heteroatoms. The van der Waals surface area contributed by atoms with E-state index >= 15 is 0 Å². The first kappa shape index (κ1) is 48.9. The standard InChI is InChI=1S/C84H54/c1-2-25-81-79(23-1)80-24-3-4-26-82(80)84-54-75(43-44-83(81)84)78-52-76-51-77(53-78)74-22-10-18-70(50-74)62-41-33-58(34-42-62)66-14-6-12-64(46-66)56-29-37-60(38-30-56)68-16-8-20-72(48-68)71-19-7-15-67(47-71)59-35-27-55(28-36-59)63-11-5-13-65(45-63)57-31-39-61(40-32-57)69-17-9-21-73(76)49-69/h1-54H. The highest BCUT2D eigenvalue weighted by Gasteiger charge is 2.15. The van der Waals surface area contributed by atoms with Crippen LogP contribution in [0.15, 0.2) is 328 Å². The van der Waals surface area contributed by atoms with Crippen molar-refractivity contribution < 1.29 is 0 Å². The van der Waals surface area contributed by atoms with Crippen LogP contribution >= 0.6 is 0 Å². The Kier molecular flexibility index (Phi) is 12.0. The fourth-order valence-corrected chi connectivity index (χ4v) is 12.9. The predicted octanol–water partition coefficient (Wildman–Crippen LogP) is 23.5. The molecule has 0 atom stereocenters. The molecule has 84 heavy (non-hydrogen) atoms. The molecule has 22 rings (SSSR count). The summed E-state index contributed by atoms with van der Waals surface area (Å²) in [6.07, 6.45) is 0. The maximum Gasteiger partial charge on any atom is -0.00928 e. The molecule has 7 aliphatic rings. The van der Waals surface area contributed by atoms with E-state index in [2.05, 4.69) is 328 Å². The number of benzene rings is 15. The first-order valence-corrected chi connectivity index (χ1v) is 29.1. The first-order chi connectivity index (χ1) is 41.5. The summed E-state index contributed by atoms with van der Waals surface area (Å²) in [6, 6.07) is 122. The van der Waals surface area contributed by atoms with Crippen molar-refractivity contribution in [1.82, 2.24) is 0 Å². The Hall–Kier alpha value is -10.9. The van der Waals surface area contributed by atoms with Gasteiger partial charge in [0.05, 0.1) is 0 Å². The number of rotatable bonds is 1. The van der Waals surface area contributed by atoms with Gasteiger partial charge in [-0.25, -0.2) is 0 Å². The van der Waals surface area contributed by atoms with Crippen molar-refractivity contribution in [2.45, 2.75) is 0 Å². The molecule has 15 aromatic carbocycles. The van der Waals surface area contributed by atoms with E-state index in [9.17, 15) is 0 Å². The summed E-state index contributed by atoms with van der Waals surface area (Å²) in [6.45, 7) is 0. The van der Waals surface area contributed by atoms with E-state index in [0.717, 1.165) is 0 Å². The molecule has 0 unspecified atom stereocenters. The molecule has 0 aromatic heterocycles. The summed E-state index contributed by atoms with van der Waals surface area (Å²) < 4.78 is 0. The van der Waals surface area contributed by atoms with Gasteiger partial charge in [-0.1, -0.05) is 267 Å². The van der Waals surface area contributed by atoms with Crippen molar-refractivity contribution in [3.8, 4) is 134 Å². The molecular formula is C84H54. The highest BCUT2D eigenvalue weighted by molar-refractivity contribution is 6.25. The largest absolute Gasteiger partial charge is 0.0616 e. The Labute approximate surface area is 490 Å². The lowest BCUT2D eigenvalue weighted by molar-refractivity contribution is 1.55. The van der Waals surface area contributed by atoms with Gasteiger partial charge in [-0.2, -0.15) is 0 Å². The van der Waals surface area contributed by atoms with Crippen LogP contribution in [0, 0.1) is 0 Å². The highest BCUT2D eigenvalue weighted by Crippen LogP contribution is 2.42. The maximum absolute atomic E-state index is 2.42. The van der Waals surface area contributed by atoms with Gasteiger partial charge in [0.25, 0.3) is 0 Å². The molecule has 0 spiro atoms. The molecule has 0 N–H and O–H groups in total. The van der Waals surface area contributed by atoms with Crippen molar-refractivity contribution in [3.05, 3.63) is 328 Å². The fraction of sp³-hybridized carbons (Fsp3) is 0. The van der Waals surface area contributed by atoms with Gasteiger partial charge in [0.2, 0.25) is 0 Å². The average molecular weight is 1060 g/mol. The molecule has 0 fully saturated rings. The van der Waals surface area contributed by atoms with E-state index in [0.29, 0.717) is 0 Å². The minimum Gasteiger partial charge on any atom is -0.0616 e. The molecular weight excluding hydrogens is 1010 g/mol. The lowest BCUT2D eigenvalue weighted by Crippen LogP contribution is -1.89. The van der Waals surface area contributed by atoms with Crippen molar-refractivity contribution in [1.29, 1.82) is 0 Å². The minimum atomic E-state index is 1.17. The van der Waals surface area contributed by atoms with Crippen molar-refractivity contribution in [2.75, 3.05) is 0 Å². The van der Waals surface area contributed by atoms with E-state index in [1.165, 1.54) is 166 Å². The van der Waals surface area contributed by atoms with Crippen LogP contribution in [-0.4, -0.2) is 0 Å². The fourth-order valence-electron chi connectivity index (χ4n) is 12.9. The van der Waals surface area contributed by atoms with Gasteiger partial charge in [0.15, 0.2) is 0 Å². The number of hydrogen-bond donors (Lipinski definition) is 0. The lowest BCUT2D eigenvalue weighted by Gasteiger charge is -2.15. The van der Waals surface area contributed by atoms with Crippen molar-refractivity contribution in [3.63, 3.8) is 0 Å². The quantitative estimate of drug-likeness (QED) is 0.144. The van der Waals surface area contributed by atoms with E-state index < -0.39 is 0 Å². The lowest BCUT2D eigenvalue weighted by atomic mass is 9.89. The summed E-state index contributed by atoms with van der Waals surface area (Å²) in [4.78, 5) is 0. The zero-order valence-corrected chi connectivity index (χ0v) is 46.2. The number of fused-ring (bicyclic) bond motifs is 6. The Balaban J connectivity index is 0.818. The first-order valence-electron chi connectivity index (χ1n) is 29.1. The molecule has 0 nitrogen and oxygen atoms in total. The second kappa shape index (κ2) is 20.6. The van der Waals surface area contributed by atoms with Gasteiger partial charge in [0.1, 0.15) is 0 Å². The Morgan fingerprint density at radius 3 is 0.476 bits per heavy atom. The predicted molar refractivity (Wildman–Crippen MR) is 358 cm³/mol. The maximum atomic E-state index is 2.42. The second-order valence-electron chi connectivity index (χ2n) is 22.4. The molecule has 0 heterocycles. The van der Waals surface area contributed by atoms with Crippen molar-refractivity contribution in [2.24, 2.45) is 0 Å². The Morgan fingerprint density at radius 1 is 0.0833 bits per heavy atom. The van der Waals surface area contributed by atoms with Gasteiger partial charge in [-0.05, 0) is 227 Å². The molecule has 22 bridgehead atoms. The summed E-state index contributed by atoms with van der Waals surface area (Å²) in [5.41, 5.74) is 28.5. The molecule has 0 saturated heterocycles. The van der Waals surface area contributed by atoms with E-state index in [4.69, 9.17) is 0 Å². The van der Waals surface area contributed by atoms with Gasteiger partial charge >= 0.3 is 0 Å². The van der Waals surface area contributed by atoms with Gasteiger partial charge in [-0.15, -0.1) is 0 Å². The Morgan fingerprint density at radius 2 is 0.238 bits per heavy atom. The molecule has 0 saturated carbocycles. The third-order valence-corrected chi connectivity index (χ3v) is 17.4. The van der Waals surface area contributed by atoms with Crippen LogP contribution in [0.3, 0.4) is 0 Å². The average Bonchev–Trinajstić information content (AvgIpc) is 3.47. The van der Waals surface area contributed by atoms with Gasteiger partial charge < -0.3 is 0 Å². The Bertz CT molecular complexity index is 4750. The summed E-state index contributed by atoms with van der Waals surface area (Å²) >= 11 is 0. The topological polar surface area (TPSA) is 0 Å². The molecule has 7 aliphatic carbocycles. The van der Waals surface area contributed by atoms with Crippen molar-refractivity contribution >= 4 is 32.3 Å². The van der Waals surface area contributed by atoms with Gasteiger partial charge in [0, 0.05) is 0 Å². The van der Waals surface area contributed by atoms with Crippen LogP contribution < -0.4 is 0 Å². The van der Waals surface area contributed by atoms with Crippen LogP contribution in [0.2, 0.25) is 0 Å². The van der Waals surface area contributed by atoms with Crippen LogP contribution in [0.1, 0.15) is 0 Å². The highest BCUT2D eigenvalue weighted by atomic mass is 14.2. The third kappa shape index (κ3) is 9.08. The third-order valence-electron chi connectivity index (χ3n) is 17.4. The molecule has 0 amide bonds. The van der Waals surface area contributed by atoms with Gasteiger partial charge in [-0.3, -0.25) is 0 Å². The molecule has 15 aromatic rings. The van der Waals surface area contributed by atoms with Crippen LogP contribution in [0.4, 0.5) is 0 Å². The summed E-state index contributed by atoms with van der Waals surface area (Å²) in [5, 5.41) is 7.64. The van der Waals surface area contributed by atoms with Crippen LogP contribution in [0.25, 0.3) is 166 Å². The van der Waals surface area contributed by atoms with E-state index in [-0.39, 0.29) is 0 Å². The second-order valence-corrected chi connectivity index (χ2v) is 22.4. The summed E-state index contributed by atoms with van der Waals surface area (Å²) in [5.74, 6) is 0. The zero-order chi connectivity index (χ0) is 55.5. The normalized spacial score (nSPS) is 11.6. The smallest absolute Gasteiger partial charge is 0.00928 e. The molecule has 390 valence electrons. The number of hydrogen-bond acceptors (Lipinski definition) is 0. The molecule has 0 aliphatic heterocycles. The zero-order valence-electron chi connectivity index (χ0n) is 46.2. The van der Waals surface area contributed by atoms with E-state index in [1.807, 2.05) is 0 Å². The van der Waals surface area contributed by atoms with Crippen LogP contribution in [-0.2, 0) is 0 Å². The minimum absolute atomic E-state index is 1.17. The summed E-state index contributed by atoms with van der Waals surface area (Å²) in [7, 11) is 0. The SMILES string of the molecule is c1cc2cc(c1)-c1ccc(cc1)-c1cccc(c1)-c1cc(cc(-c3ccc4c5ccccc5c5ccccc5c4c3)c1)-c1cccc(c1)-c1ccc(cc1)-c1cccc(c1)-c1ccc(cc1)-c1cccc(c1)-c1cccc(c1)-c1ccc-2cc1.